The van der Waals surface area contributed by atoms with Crippen LogP contribution < -0.4 is 14.8 Å². The van der Waals surface area contributed by atoms with Gasteiger partial charge in [0.15, 0.2) is 0 Å². The number of fused-ring (bicyclic) bond motifs is 1. The molecule has 1 heterocycles. The van der Waals surface area contributed by atoms with Gasteiger partial charge in [-0.25, -0.2) is 9.79 Å². The fourth-order valence-electron chi connectivity index (χ4n) is 6.29. The molecule has 4 rings (SSSR count). The Balaban J connectivity index is 1.71. The number of aliphatic imine (C=N–C) groups is 1. The zero-order valence-corrected chi connectivity index (χ0v) is 23.1. The fraction of sp³-hybridized carbons (Fsp3) is 0.548. The molecule has 0 spiro atoms. The Morgan fingerprint density at radius 1 is 1.08 bits per heavy atom. The molecule has 0 saturated heterocycles. The minimum Gasteiger partial charge on any atom is -0.496 e. The number of rotatable bonds is 7. The molecule has 1 aliphatic carbocycles. The largest absolute Gasteiger partial charge is 0.496 e. The van der Waals surface area contributed by atoms with Gasteiger partial charge in [0.25, 0.3) is 0 Å². The van der Waals surface area contributed by atoms with Crippen LogP contribution in [0.5, 0.6) is 11.5 Å². The normalized spacial score (nSPS) is 23.7. The summed E-state index contributed by atoms with van der Waals surface area (Å²) in [5.74, 6) is 3.86. The minimum atomic E-state index is -1.00. The molecule has 2 aliphatic rings. The first-order valence-electron chi connectivity index (χ1n) is 13.7. The van der Waals surface area contributed by atoms with Crippen molar-refractivity contribution in [2.24, 2.45) is 28.7 Å². The second-order valence-electron chi connectivity index (χ2n) is 11.4. The van der Waals surface area contributed by atoms with Gasteiger partial charge in [0.1, 0.15) is 22.9 Å². The number of carboxylic acid groups (broad SMARTS) is 1. The van der Waals surface area contributed by atoms with Crippen molar-refractivity contribution in [3.05, 3.63) is 47.5 Å². The van der Waals surface area contributed by atoms with Gasteiger partial charge >= 0.3 is 5.97 Å². The lowest BCUT2D eigenvalue weighted by atomic mass is 9.63. The number of benzene rings is 2. The Bertz CT molecular complexity index is 1120. The number of ether oxygens (including phenoxy) is 2. The Morgan fingerprint density at radius 3 is 2.43 bits per heavy atom. The first kappa shape index (κ1) is 27.0. The summed E-state index contributed by atoms with van der Waals surface area (Å²) in [5.41, 5.74) is 2.94. The van der Waals surface area contributed by atoms with Crippen LogP contribution in [0.1, 0.15) is 88.6 Å². The van der Waals surface area contributed by atoms with Crippen LogP contribution in [0.25, 0.3) is 0 Å². The number of carbonyl (C=O) groups is 1. The second kappa shape index (κ2) is 11.6. The molecular formula is C31H42N2O4. The third kappa shape index (κ3) is 6.28. The molecule has 6 nitrogen and oxygen atoms in total. The van der Waals surface area contributed by atoms with Crippen molar-refractivity contribution in [1.29, 1.82) is 0 Å². The van der Waals surface area contributed by atoms with Crippen molar-refractivity contribution < 1.29 is 19.4 Å². The van der Waals surface area contributed by atoms with Crippen LogP contribution >= 0.6 is 0 Å². The van der Waals surface area contributed by atoms with Gasteiger partial charge in [-0.05, 0) is 105 Å². The van der Waals surface area contributed by atoms with Gasteiger partial charge in [-0.15, -0.1) is 0 Å². The van der Waals surface area contributed by atoms with E-state index in [0.29, 0.717) is 35.3 Å². The van der Waals surface area contributed by atoms with E-state index in [1.54, 1.807) is 13.2 Å². The quantitative estimate of drug-likeness (QED) is 0.399. The van der Waals surface area contributed by atoms with Crippen molar-refractivity contribution >= 4 is 23.2 Å². The van der Waals surface area contributed by atoms with Gasteiger partial charge in [0, 0.05) is 12.1 Å². The summed E-state index contributed by atoms with van der Waals surface area (Å²) in [7, 11) is 1.54. The average molecular weight is 507 g/mol. The summed E-state index contributed by atoms with van der Waals surface area (Å²) < 4.78 is 11.3. The third-order valence-corrected chi connectivity index (χ3v) is 8.03. The van der Waals surface area contributed by atoms with Gasteiger partial charge in [-0.1, -0.05) is 27.2 Å². The molecule has 4 atom stereocenters. The molecule has 2 N–H and O–H groups in total. The highest BCUT2D eigenvalue weighted by atomic mass is 16.5. The lowest BCUT2D eigenvalue weighted by molar-refractivity contribution is 0.0693. The molecule has 2 aromatic carbocycles. The van der Waals surface area contributed by atoms with Gasteiger partial charge < -0.3 is 19.9 Å². The monoisotopic (exact) mass is 506 g/mol. The number of amidine groups is 1. The average Bonchev–Trinajstić information content (AvgIpc) is 3.02. The van der Waals surface area contributed by atoms with E-state index in [1.807, 2.05) is 44.2 Å². The standard InChI is InChI=1S/C31H42N2O4/c1-18(2)23-12-7-20(5)15-25(23)24-13-14-30(32-21-8-10-22(11-9-21)37-19(3)4)33-28-16-27(31(34)35)29(36-6)17-26(24)28/h8-11,16-20,23-25H,7,12-15H2,1-6H3,(H,32,33)(H,34,35)/t20-,23+,24?,25-/m1/s1. The molecule has 37 heavy (non-hydrogen) atoms. The maximum Gasteiger partial charge on any atom is 0.339 e. The summed E-state index contributed by atoms with van der Waals surface area (Å²) in [5, 5.41) is 13.4. The Morgan fingerprint density at radius 2 is 1.81 bits per heavy atom. The zero-order chi connectivity index (χ0) is 26.7. The lowest BCUT2D eigenvalue weighted by Crippen LogP contribution is -2.32. The van der Waals surface area contributed by atoms with E-state index in [4.69, 9.17) is 14.5 Å². The number of nitrogens with one attached hydrogen (secondary N) is 1. The third-order valence-electron chi connectivity index (χ3n) is 8.03. The Kier molecular flexibility index (Phi) is 8.46. The van der Waals surface area contributed by atoms with E-state index >= 15 is 0 Å². The Hall–Kier alpha value is -3.02. The number of nitrogens with zero attached hydrogens (tertiary/aromatic N) is 1. The van der Waals surface area contributed by atoms with Crippen LogP contribution in [0.3, 0.4) is 0 Å². The maximum atomic E-state index is 12.0. The molecule has 2 aromatic rings. The number of hydrogen-bond donors (Lipinski definition) is 2. The molecule has 1 saturated carbocycles. The van der Waals surface area contributed by atoms with Crippen molar-refractivity contribution in [3.8, 4) is 11.5 Å². The molecule has 0 radical (unpaired) electrons. The van der Waals surface area contributed by atoms with Crippen molar-refractivity contribution in [2.75, 3.05) is 12.4 Å². The lowest BCUT2D eigenvalue weighted by Gasteiger charge is -2.42. The molecular weight excluding hydrogens is 464 g/mol. The highest BCUT2D eigenvalue weighted by Crippen LogP contribution is 2.50. The molecule has 200 valence electrons. The van der Waals surface area contributed by atoms with Crippen molar-refractivity contribution in [2.45, 2.75) is 78.7 Å². The predicted octanol–water partition coefficient (Wildman–Crippen LogP) is 7.91. The molecule has 6 heteroatoms. The van der Waals surface area contributed by atoms with E-state index < -0.39 is 5.97 Å². The molecule has 1 fully saturated rings. The highest BCUT2D eigenvalue weighted by Gasteiger charge is 2.38. The van der Waals surface area contributed by atoms with Crippen LogP contribution in [0, 0.1) is 23.7 Å². The number of anilines is 1. The summed E-state index contributed by atoms with van der Waals surface area (Å²) in [6, 6.07) is 11.6. The van der Waals surface area contributed by atoms with Gasteiger partial charge in [0.05, 0.1) is 18.9 Å². The first-order valence-corrected chi connectivity index (χ1v) is 13.7. The summed E-state index contributed by atoms with van der Waals surface area (Å²) in [6.07, 6.45) is 5.59. The molecule has 0 bridgehead atoms. The maximum absolute atomic E-state index is 12.0. The summed E-state index contributed by atoms with van der Waals surface area (Å²) >= 11 is 0. The molecule has 1 aliphatic heterocycles. The number of hydrogen-bond acceptors (Lipinski definition) is 5. The Labute approximate surface area is 221 Å². The molecule has 1 unspecified atom stereocenters. The topological polar surface area (TPSA) is 80.2 Å². The predicted molar refractivity (Wildman–Crippen MR) is 150 cm³/mol. The van der Waals surface area contributed by atoms with Gasteiger partial charge in [0.2, 0.25) is 0 Å². The SMILES string of the molecule is COc1cc2c(cc1C(=O)O)N=C(Nc1ccc(OC(C)C)cc1)CCC2[C@@H]1C[C@H](C)CC[C@H]1C(C)C. The smallest absolute Gasteiger partial charge is 0.339 e. The second-order valence-corrected chi connectivity index (χ2v) is 11.4. The van der Waals surface area contributed by atoms with Crippen molar-refractivity contribution in [1.82, 2.24) is 0 Å². The van der Waals surface area contributed by atoms with Crippen LogP contribution in [-0.2, 0) is 0 Å². The molecule has 0 aromatic heterocycles. The van der Waals surface area contributed by atoms with Crippen LogP contribution in [-0.4, -0.2) is 30.1 Å². The number of aromatic carboxylic acids is 1. The van der Waals surface area contributed by atoms with E-state index in [0.717, 1.165) is 41.4 Å². The van der Waals surface area contributed by atoms with E-state index in [9.17, 15) is 9.90 Å². The zero-order valence-electron chi connectivity index (χ0n) is 23.1. The van der Waals surface area contributed by atoms with Gasteiger partial charge in [-0.3, -0.25) is 0 Å². The van der Waals surface area contributed by atoms with Crippen molar-refractivity contribution in [3.63, 3.8) is 0 Å². The van der Waals surface area contributed by atoms with Crippen LogP contribution in [0.2, 0.25) is 0 Å². The highest BCUT2D eigenvalue weighted by molar-refractivity contribution is 5.99. The van der Waals surface area contributed by atoms with Gasteiger partial charge in [-0.2, -0.15) is 0 Å². The number of methoxy groups -OCH3 is 1. The minimum absolute atomic E-state index is 0.121. The van der Waals surface area contributed by atoms with E-state index in [2.05, 4.69) is 26.1 Å². The van der Waals surface area contributed by atoms with Crippen LogP contribution in [0.15, 0.2) is 41.4 Å². The van der Waals surface area contributed by atoms with E-state index in [-0.39, 0.29) is 11.7 Å². The fourth-order valence-corrected chi connectivity index (χ4v) is 6.29. The summed E-state index contributed by atoms with van der Waals surface area (Å²) in [6.45, 7) is 11.1. The summed E-state index contributed by atoms with van der Waals surface area (Å²) in [4.78, 5) is 17.1. The van der Waals surface area contributed by atoms with Crippen LogP contribution in [0.4, 0.5) is 11.4 Å². The van der Waals surface area contributed by atoms with E-state index in [1.165, 1.54) is 19.3 Å². The number of carboxylic acids is 1. The first-order chi connectivity index (χ1) is 17.7. The molecule has 0 amide bonds.